The smallest absolute Gasteiger partial charge is 0.259 e. The van der Waals surface area contributed by atoms with Crippen LogP contribution in [0.1, 0.15) is 28.8 Å². The lowest BCUT2D eigenvalue weighted by molar-refractivity contribution is -0.132. The third-order valence-electron chi connectivity index (χ3n) is 6.35. The lowest BCUT2D eigenvalue weighted by Gasteiger charge is -2.30. The van der Waals surface area contributed by atoms with Crippen molar-refractivity contribution in [1.29, 1.82) is 0 Å². The fourth-order valence-electron chi connectivity index (χ4n) is 4.50. The molecule has 2 fully saturated rings. The van der Waals surface area contributed by atoms with E-state index in [1.807, 2.05) is 17.0 Å². The Morgan fingerprint density at radius 2 is 2.03 bits per heavy atom. The maximum atomic E-state index is 13.5. The zero-order valence-corrected chi connectivity index (χ0v) is 19.0. The molecule has 0 N–H and O–H groups in total. The molecule has 0 aromatic carbocycles. The van der Waals surface area contributed by atoms with E-state index in [0.29, 0.717) is 43.4 Å². The van der Waals surface area contributed by atoms with Crippen molar-refractivity contribution in [3.05, 3.63) is 60.3 Å². The summed E-state index contributed by atoms with van der Waals surface area (Å²) in [6, 6.07) is 5.56. The minimum atomic E-state index is -0.328. The average Bonchev–Trinajstić information content (AvgIpc) is 3.24. The number of carbonyl (C=O) groups excluding carboxylic acids is 2. The summed E-state index contributed by atoms with van der Waals surface area (Å²) in [5.74, 6) is 0.0458. The first kappa shape index (κ1) is 22.4. The van der Waals surface area contributed by atoms with E-state index in [0.717, 1.165) is 31.6 Å². The molecule has 2 saturated heterocycles. The van der Waals surface area contributed by atoms with Crippen LogP contribution in [-0.4, -0.2) is 86.7 Å². The maximum Gasteiger partial charge on any atom is 0.259 e. The number of rotatable bonds is 6. The molecule has 5 rings (SSSR count). The van der Waals surface area contributed by atoms with Crippen LogP contribution in [0.15, 0.2) is 49.2 Å². The monoisotopic (exact) mass is 464 g/mol. The van der Waals surface area contributed by atoms with E-state index in [4.69, 9.17) is 9.47 Å². The van der Waals surface area contributed by atoms with Crippen molar-refractivity contribution >= 4 is 17.5 Å². The van der Waals surface area contributed by atoms with E-state index in [9.17, 15) is 9.59 Å². The summed E-state index contributed by atoms with van der Waals surface area (Å²) in [6.07, 6.45) is 9.88. The Hall–Kier alpha value is -3.37. The molecule has 1 atom stereocenters. The van der Waals surface area contributed by atoms with Gasteiger partial charge in [0.15, 0.2) is 5.65 Å². The summed E-state index contributed by atoms with van der Waals surface area (Å²) < 4.78 is 13.2. The molecule has 0 saturated carbocycles. The number of pyridine rings is 1. The number of ether oxygens (including phenoxy) is 2. The first-order valence-corrected chi connectivity index (χ1v) is 11.6. The van der Waals surface area contributed by atoms with Gasteiger partial charge in [0.2, 0.25) is 5.91 Å². The molecule has 178 valence electrons. The zero-order chi connectivity index (χ0) is 23.3. The Labute approximate surface area is 197 Å². The van der Waals surface area contributed by atoms with E-state index in [1.165, 1.54) is 6.20 Å². The summed E-state index contributed by atoms with van der Waals surface area (Å²) in [7, 11) is 0. The number of hydrogen-bond acceptors (Lipinski definition) is 7. The largest absolute Gasteiger partial charge is 0.381 e. The van der Waals surface area contributed by atoms with Gasteiger partial charge in [-0.3, -0.25) is 14.6 Å². The van der Waals surface area contributed by atoms with E-state index in [2.05, 4.69) is 15.1 Å². The van der Waals surface area contributed by atoms with Crippen molar-refractivity contribution in [3.63, 3.8) is 0 Å². The van der Waals surface area contributed by atoms with Crippen LogP contribution >= 0.6 is 0 Å². The summed E-state index contributed by atoms with van der Waals surface area (Å²) in [5.41, 5.74) is 1.78. The maximum absolute atomic E-state index is 13.5. The minimum absolute atomic E-state index is 0.00101. The highest BCUT2D eigenvalue weighted by atomic mass is 16.5. The molecule has 2 amide bonds. The molecule has 10 heteroatoms. The first-order chi connectivity index (χ1) is 16.7. The van der Waals surface area contributed by atoms with Crippen molar-refractivity contribution in [2.75, 3.05) is 39.4 Å². The molecule has 0 aliphatic carbocycles. The molecule has 0 spiro atoms. The van der Waals surface area contributed by atoms with Crippen LogP contribution in [0.4, 0.5) is 0 Å². The molecule has 0 radical (unpaired) electrons. The van der Waals surface area contributed by atoms with Gasteiger partial charge in [-0.25, -0.2) is 9.50 Å². The van der Waals surface area contributed by atoms with Crippen molar-refractivity contribution in [2.24, 2.45) is 5.92 Å². The van der Waals surface area contributed by atoms with Crippen LogP contribution in [-0.2, 0) is 20.9 Å². The Morgan fingerprint density at radius 3 is 2.85 bits per heavy atom. The van der Waals surface area contributed by atoms with Gasteiger partial charge in [0.1, 0.15) is 12.1 Å². The van der Waals surface area contributed by atoms with Crippen molar-refractivity contribution in [2.45, 2.75) is 25.6 Å². The topological polar surface area (TPSA) is 102 Å². The van der Waals surface area contributed by atoms with Gasteiger partial charge in [-0.1, -0.05) is 6.07 Å². The normalized spacial score (nSPS) is 20.0. The Morgan fingerprint density at radius 1 is 1.15 bits per heavy atom. The molecule has 3 aromatic rings. The van der Waals surface area contributed by atoms with Gasteiger partial charge in [0, 0.05) is 57.6 Å². The van der Waals surface area contributed by atoms with Gasteiger partial charge in [0.25, 0.3) is 5.91 Å². The van der Waals surface area contributed by atoms with Crippen LogP contribution in [0.3, 0.4) is 0 Å². The predicted molar refractivity (Wildman–Crippen MR) is 122 cm³/mol. The molecule has 34 heavy (non-hydrogen) atoms. The molecular formula is C24H28N6O4. The molecule has 0 bridgehead atoms. The Kier molecular flexibility index (Phi) is 6.77. The zero-order valence-electron chi connectivity index (χ0n) is 19.0. The van der Waals surface area contributed by atoms with Crippen LogP contribution < -0.4 is 0 Å². The van der Waals surface area contributed by atoms with E-state index in [-0.39, 0.29) is 24.5 Å². The quantitative estimate of drug-likeness (QED) is 0.544. The second-order valence-electron chi connectivity index (χ2n) is 8.78. The number of nitrogens with zero attached hydrogens (tertiary/aromatic N) is 6. The van der Waals surface area contributed by atoms with Crippen LogP contribution in [0.5, 0.6) is 0 Å². The van der Waals surface area contributed by atoms with E-state index >= 15 is 0 Å². The number of aromatic nitrogens is 4. The third kappa shape index (κ3) is 5.07. The molecule has 2 aliphatic heterocycles. The summed E-state index contributed by atoms with van der Waals surface area (Å²) in [4.78, 5) is 38.6. The van der Waals surface area contributed by atoms with Crippen molar-refractivity contribution in [3.8, 4) is 0 Å². The van der Waals surface area contributed by atoms with Gasteiger partial charge in [-0.05, 0) is 36.5 Å². The van der Waals surface area contributed by atoms with E-state index < -0.39 is 0 Å². The van der Waals surface area contributed by atoms with Crippen molar-refractivity contribution < 1.29 is 19.1 Å². The second-order valence-corrected chi connectivity index (χ2v) is 8.78. The molecule has 1 unspecified atom stereocenters. The second kappa shape index (κ2) is 10.3. The molecule has 10 nitrogen and oxygen atoms in total. The summed E-state index contributed by atoms with van der Waals surface area (Å²) in [5, 5.41) is 4.23. The van der Waals surface area contributed by atoms with Crippen LogP contribution in [0, 0.1) is 5.92 Å². The minimum Gasteiger partial charge on any atom is -0.381 e. The highest BCUT2D eigenvalue weighted by Crippen LogP contribution is 2.20. The molecular weight excluding hydrogens is 436 g/mol. The summed E-state index contributed by atoms with van der Waals surface area (Å²) >= 11 is 0. The third-order valence-corrected chi connectivity index (χ3v) is 6.35. The number of hydrogen-bond donors (Lipinski definition) is 0. The van der Waals surface area contributed by atoms with Crippen LogP contribution in [0.25, 0.3) is 5.65 Å². The molecule has 3 aromatic heterocycles. The fourth-order valence-corrected chi connectivity index (χ4v) is 4.50. The Bertz CT molecular complexity index is 1130. The van der Waals surface area contributed by atoms with Gasteiger partial charge < -0.3 is 19.3 Å². The standard InChI is InChI=1S/C24H28N6O4/c31-22-16-29(24(32)21-12-27-30-8-2-7-26-23(21)30)15-20(34-17-19-3-1-6-25-11-19)14-28(22)13-18-4-9-33-10-5-18/h1-3,6-8,11-12,18,20H,4-5,9-10,13-17H2. The van der Waals surface area contributed by atoms with Gasteiger partial charge in [-0.2, -0.15) is 5.10 Å². The molecule has 2 aliphatic rings. The predicted octanol–water partition coefficient (Wildman–Crippen LogP) is 1.42. The highest BCUT2D eigenvalue weighted by Gasteiger charge is 2.33. The number of carbonyl (C=O) groups is 2. The van der Waals surface area contributed by atoms with E-state index in [1.54, 1.807) is 40.3 Å². The highest BCUT2D eigenvalue weighted by molar-refractivity contribution is 6.01. The van der Waals surface area contributed by atoms with Gasteiger partial charge in [-0.15, -0.1) is 0 Å². The molecule has 5 heterocycles. The fraction of sp³-hybridized carbons (Fsp3) is 0.458. The number of amides is 2. The lowest BCUT2D eigenvalue weighted by Crippen LogP contribution is -2.42. The Balaban J connectivity index is 1.36. The summed E-state index contributed by atoms with van der Waals surface area (Å²) in [6.45, 7) is 3.19. The van der Waals surface area contributed by atoms with Crippen LogP contribution in [0.2, 0.25) is 0 Å². The first-order valence-electron chi connectivity index (χ1n) is 11.6. The lowest BCUT2D eigenvalue weighted by atomic mass is 9.99. The average molecular weight is 465 g/mol. The van der Waals surface area contributed by atoms with Crippen molar-refractivity contribution in [1.82, 2.24) is 29.4 Å². The van der Waals surface area contributed by atoms with Gasteiger partial charge >= 0.3 is 0 Å². The van der Waals surface area contributed by atoms with Gasteiger partial charge in [0.05, 0.1) is 18.9 Å². The number of fused-ring (bicyclic) bond motifs is 1. The SMILES string of the molecule is O=C1CN(C(=O)c2cnn3cccnc23)CC(OCc2cccnc2)CN1CC1CCOCC1.